The molecule has 1 rings (SSSR count). The first-order valence-corrected chi connectivity index (χ1v) is 5.24. The first-order chi connectivity index (χ1) is 6.52. The maximum Gasteiger partial charge on any atom is 0.239 e. The lowest BCUT2D eigenvalue weighted by Crippen LogP contribution is -2.51. The number of carbonyl (C=O) groups is 1. The zero-order valence-corrected chi connectivity index (χ0v) is 8.94. The molecular weight excluding hydrogens is 180 g/mol. The topological polar surface area (TPSA) is 66.6 Å². The van der Waals surface area contributed by atoms with Crippen molar-refractivity contribution in [2.75, 3.05) is 13.1 Å². The fraction of sp³-hybridized carbons (Fsp3) is 0.900. The van der Waals surface area contributed by atoms with E-state index >= 15 is 0 Å². The molecule has 0 aromatic carbocycles. The minimum absolute atomic E-state index is 0.0289. The van der Waals surface area contributed by atoms with Crippen LogP contribution in [-0.2, 0) is 4.79 Å². The SMILES string of the molecule is CC(C)[C@H](N)C(=O)N1CCC[C@H](O)C1. The lowest BCUT2D eigenvalue weighted by molar-refractivity contribution is -0.136. The summed E-state index contributed by atoms with van der Waals surface area (Å²) in [6, 6.07) is -0.430. The zero-order chi connectivity index (χ0) is 10.7. The van der Waals surface area contributed by atoms with Crippen LogP contribution in [0.3, 0.4) is 0 Å². The van der Waals surface area contributed by atoms with Crippen LogP contribution in [0.4, 0.5) is 0 Å². The van der Waals surface area contributed by atoms with Gasteiger partial charge in [0.2, 0.25) is 5.91 Å². The Balaban J connectivity index is 2.51. The van der Waals surface area contributed by atoms with E-state index in [4.69, 9.17) is 5.73 Å². The molecule has 14 heavy (non-hydrogen) atoms. The summed E-state index contributed by atoms with van der Waals surface area (Å²) in [6.07, 6.45) is 1.30. The summed E-state index contributed by atoms with van der Waals surface area (Å²) < 4.78 is 0. The van der Waals surface area contributed by atoms with E-state index in [1.54, 1.807) is 4.90 Å². The van der Waals surface area contributed by atoms with E-state index in [9.17, 15) is 9.90 Å². The summed E-state index contributed by atoms with van der Waals surface area (Å²) in [4.78, 5) is 13.5. The summed E-state index contributed by atoms with van der Waals surface area (Å²) in [5, 5.41) is 9.41. The number of piperidine rings is 1. The predicted octanol–water partition coefficient (Wildman–Crippen LogP) is -0.0470. The van der Waals surface area contributed by atoms with Crippen LogP contribution in [0, 0.1) is 5.92 Å². The van der Waals surface area contributed by atoms with Crippen molar-refractivity contribution >= 4 is 5.91 Å². The van der Waals surface area contributed by atoms with Crippen molar-refractivity contribution in [3.8, 4) is 0 Å². The quantitative estimate of drug-likeness (QED) is 0.657. The number of carbonyl (C=O) groups excluding carboxylic acids is 1. The normalized spacial score (nSPS) is 25.2. The van der Waals surface area contributed by atoms with Gasteiger partial charge in [0.1, 0.15) is 0 Å². The molecule has 0 bridgehead atoms. The van der Waals surface area contributed by atoms with Crippen LogP contribution in [0.15, 0.2) is 0 Å². The number of aliphatic hydroxyl groups is 1. The molecule has 0 unspecified atom stereocenters. The highest BCUT2D eigenvalue weighted by atomic mass is 16.3. The minimum Gasteiger partial charge on any atom is -0.391 e. The Kier molecular flexibility index (Phi) is 3.89. The zero-order valence-electron chi connectivity index (χ0n) is 8.94. The summed E-state index contributed by atoms with van der Waals surface area (Å²) in [5.41, 5.74) is 5.76. The van der Waals surface area contributed by atoms with E-state index in [1.807, 2.05) is 13.8 Å². The van der Waals surface area contributed by atoms with E-state index in [-0.39, 0.29) is 17.9 Å². The second-order valence-corrected chi connectivity index (χ2v) is 4.35. The lowest BCUT2D eigenvalue weighted by Gasteiger charge is -2.32. The molecule has 0 aromatic heterocycles. The van der Waals surface area contributed by atoms with Crippen molar-refractivity contribution in [3.63, 3.8) is 0 Å². The number of amides is 1. The van der Waals surface area contributed by atoms with Gasteiger partial charge >= 0.3 is 0 Å². The maximum absolute atomic E-state index is 11.8. The molecular formula is C10H20N2O2. The summed E-state index contributed by atoms with van der Waals surface area (Å²) in [7, 11) is 0. The first-order valence-electron chi connectivity index (χ1n) is 5.24. The average Bonchev–Trinajstić information content (AvgIpc) is 2.15. The highest BCUT2D eigenvalue weighted by Gasteiger charge is 2.27. The molecule has 1 heterocycles. The predicted molar refractivity (Wildman–Crippen MR) is 54.6 cm³/mol. The van der Waals surface area contributed by atoms with Gasteiger partial charge in [-0.2, -0.15) is 0 Å². The molecule has 1 amide bonds. The molecule has 2 atom stereocenters. The molecule has 0 radical (unpaired) electrons. The second-order valence-electron chi connectivity index (χ2n) is 4.35. The Labute approximate surface area is 85.1 Å². The van der Waals surface area contributed by atoms with E-state index in [0.29, 0.717) is 6.54 Å². The van der Waals surface area contributed by atoms with Crippen LogP contribution in [0.5, 0.6) is 0 Å². The molecule has 4 nitrogen and oxygen atoms in total. The van der Waals surface area contributed by atoms with Crippen LogP contribution in [0.2, 0.25) is 0 Å². The summed E-state index contributed by atoms with van der Waals surface area (Å²) >= 11 is 0. The van der Waals surface area contributed by atoms with Gasteiger partial charge < -0.3 is 15.7 Å². The van der Waals surface area contributed by atoms with E-state index < -0.39 is 6.04 Å². The Morgan fingerprint density at radius 1 is 1.57 bits per heavy atom. The third-order valence-corrected chi connectivity index (χ3v) is 2.71. The fourth-order valence-corrected chi connectivity index (χ4v) is 1.65. The molecule has 1 aliphatic heterocycles. The second kappa shape index (κ2) is 4.75. The van der Waals surface area contributed by atoms with E-state index in [2.05, 4.69) is 0 Å². The molecule has 0 aromatic rings. The molecule has 0 spiro atoms. The van der Waals surface area contributed by atoms with Gasteiger partial charge in [-0.15, -0.1) is 0 Å². The number of aliphatic hydroxyl groups excluding tert-OH is 1. The molecule has 82 valence electrons. The Morgan fingerprint density at radius 2 is 2.21 bits per heavy atom. The van der Waals surface area contributed by atoms with Crippen molar-refractivity contribution in [1.82, 2.24) is 4.90 Å². The molecule has 3 N–H and O–H groups in total. The van der Waals surface area contributed by atoms with Gasteiger partial charge in [0.15, 0.2) is 0 Å². The van der Waals surface area contributed by atoms with Crippen molar-refractivity contribution in [3.05, 3.63) is 0 Å². The average molecular weight is 200 g/mol. The maximum atomic E-state index is 11.8. The molecule has 1 fully saturated rings. The first kappa shape index (κ1) is 11.5. The van der Waals surface area contributed by atoms with Gasteiger partial charge in [0.25, 0.3) is 0 Å². The number of likely N-dealkylation sites (tertiary alicyclic amines) is 1. The molecule has 4 heteroatoms. The Bertz CT molecular complexity index is 206. The molecule has 0 saturated carbocycles. The van der Waals surface area contributed by atoms with Crippen molar-refractivity contribution in [2.45, 2.75) is 38.8 Å². The van der Waals surface area contributed by atoms with Gasteiger partial charge in [-0.1, -0.05) is 13.8 Å². The largest absolute Gasteiger partial charge is 0.391 e. The number of nitrogens with zero attached hydrogens (tertiary/aromatic N) is 1. The smallest absolute Gasteiger partial charge is 0.239 e. The van der Waals surface area contributed by atoms with Crippen LogP contribution in [-0.4, -0.2) is 41.1 Å². The van der Waals surface area contributed by atoms with Gasteiger partial charge in [0.05, 0.1) is 12.1 Å². The third kappa shape index (κ3) is 2.69. The minimum atomic E-state index is -0.430. The molecule has 1 aliphatic rings. The third-order valence-electron chi connectivity index (χ3n) is 2.71. The van der Waals surface area contributed by atoms with Crippen LogP contribution in [0.1, 0.15) is 26.7 Å². The Morgan fingerprint density at radius 3 is 2.71 bits per heavy atom. The van der Waals surface area contributed by atoms with E-state index in [1.165, 1.54) is 0 Å². The summed E-state index contributed by atoms with van der Waals surface area (Å²) in [5.74, 6) is 0.125. The number of hydrogen-bond acceptors (Lipinski definition) is 3. The Hall–Kier alpha value is -0.610. The monoisotopic (exact) mass is 200 g/mol. The number of rotatable bonds is 2. The van der Waals surface area contributed by atoms with Crippen molar-refractivity contribution in [1.29, 1.82) is 0 Å². The standard InChI is InChI=1S/C10H20N2O2/c1-7(2)9(11)10(14)12-5-3-4-8(13)6-12/h7-9,13H,3-6,11H2,1-2H3/t8-,9-/m0/s1. The lowest BCUT2D eigenvalue weighted by atomic mass is 10.0. The van der Waals surface area contributed by atoms with Crippen molar-refractivity contribution in [2.24, 2.45) is 11.7 Å². The fourth-order valence-electron chi connectivity index (χ4n) is 1.65. The summed E-state index contributed by atoms with van der Waals surface area (Å²) in [6.45, 7) is 5.04. The van der Waals surface area contributed by atoms with Crippen LogP contribution in [0.25, 0.3) is 0 Å². The van der Waals surface area contributed by atoms with Crippen LogP contribution < -0.4 is 5.73 Å². The highest BCUT2D eigenvalue weighted by Crippen LogP contribution is 2.12. The van der Waals surface area contributed by atoms with Crippen LogP contribution >= 0.6 is 0 Å². The van der Waals surface area contributed by atoms with Gasteiger partial charge in [0, 0.05) is 13.1 Å². The number of nitrogens with two attached hydrogens (primary N) is 1. The molecule has 0 aliphatic carbocycles. The molecule has 1 saturated heterocycles. The number of β-amino-alcohol motifs (C(OH)–C–C–N with tert-alkyl or cyclic N) is 1. The van der Waals surface area contributed by atoms with Gasteiger partial charge in [-0.05, 0) is 18.8 Å². The number of hydrogen-bond donors (Lipinski definition) is 2. The van der Waals surface area contributed by atoms with Gasteiger partial charge in [-0.3, -0.25) is 4.79 Å². The van der Waals surface area contributed by atoms with E-state index in [0.717, 1.165) is 19.4 Å². The highest BCUT2D eigenvalue weighted by molar-refractivity contribution is 5.82. The van der Waals surface area contributed by atoms with Gasteiger partial charge in [-0.25, -0.2) is 0 Å². The van der Waals surface area contributed by atoms with Crippen molar-refractivity contribution < 1.29 is 9.90 Å².